The van der Waals surface area contributed by atoms with Crippen LogP contribution in [0.5, 0.6) is 0 Å². The molecule has 7 heteroatoms. The van der Waals surface area contributed by atoms with E-state index in [9.17, 15) is 20.1 Å². The highest BCUT2D eigenvalue weighted by molar-refractivity contribution is 5.93. The predicted octanol–water partition coefficient (Wildman–Crippen LogP) is -0.431. The molecule has 7 nitrogen and oxygen atoms in total. The first-order valence-corrected chi connectivity index (χ1v) is 7.35. The topological polar surface area (TPSA) is 116 Å². The first-order chi connectivity index (χ1) is 10.8. The van der Waals surface area contributed by atoms with Crippen LogP contribution in [0.1, 0.15) is 27.0 Å². The van der Waals surface area contributed by atoms with E-state index in [-0.39, 0.29) is 0 Å². The summed E-state index contributed by atoms with van der Waals surface area (Å²) in [6.07, 6.45) is -7.26. The normalized spacial score (nSPS) is 31.0. The van der Waals surface area contributed by atoms with Gasteiger partial charge in [0, 0.05) is 0 Å². The Balaban J connectivity index is 2.25. The van der Waals surface area contributed by atoms with E-state index in [1.807, 2.05) is 19.1 Å². The average Bonchev–Trinajstić information content (AvgIpc) is 2.46. The summed E-state index contributed by atoms with van der Waals surface area (Å²) < 4.78 is 10.1. The van der Waals surface area contributed by atoms with E-state index in [2.05, 4.69) is 0 Å². The second kappa shape index (κ2) is 6.94. The molecule has 0 aliphatic carbocycles. The molecule has 0 aromatic heterocycles. The van der Waals surface area contributed by atoms with Gasteiger partial charge in [-0.2, -0.15) is 0 Å². The third kappa shape index (κ3) is 3.54. The molecule has 1 aromatic carbocycles. The number of carbonyl (C=O) groups is 1. The summed E-state index contributed by atoms with van der Waals surface area (Å²) in [6.45, 7) is 4.85. The smallest absolute Gasteiger partial charge is 0.339 e. The molecule has 5 atom stereocenters. The Hall–Kier alpha value is -1.51. The Morgan fingerprint density at radius 2 is 1.70 bits per heavy atom. The molecule has 0 bridgehead atoms. The zero-order chi connectivity index (χ0) is 17.3. The Kier molecular flexibility index (Phi) is 5.38. The summed E-state index contributed by atoms with van der Waals surface area (Å²) in [4.78, 5) is 12.4. The maximum atomic E-state index is 12.4. The highest BCUT2D eigenvalue weighted by atomic mass is 16.7. The zero-order valence-electron chi connectivity index (χ0n) is 13.3. The van der Waals surface area contributed by atoms with Gasteiger partial charge in [0.1, 0.15) is 18.3 Å². The van der Waals surface area contributed by atoms with Gasteiger partial charge < -0.3 is 29.9 Å². The molecule has 0 spiro atoms. The Bertz CT molecular complexity index is 563. The molecular formula is C16H22O7. The van der Waals surface area contributed by atoms with Crippen molar-refractivity contribution in [1.29, 1.82) is 0 Å². The number of benzene rings is 1. The van der Waals surface area contributed by atoms with E-state index < -0.39 is 43.3 Å². The van der Waals surface area contributed by atoms with E-state index in [1.165, 1.54) is 0 Å². The molecule has 1 aliphatic rings. The number of rotatable bonds is 3. The lowest BCUT2D eigenvalue weighted by atomic mass is 9.97. The van der Waals surface area contributed by atoms with Gasteiger partial charge in [-0.1, -0.05) is 17.7 Å². The molecule has 1 aliphatic heterocycles. The highest BCUT2D eigenvalue weighted by Crippen LogP contribution is 2.25. The van der Waals surface area contributed by atoms with Gasteiger partial charge in [0.25, 0.3) is 0 Å². The average molecular weight is 326 g/mol. The van der Waals surface area contributed by atoms with E-state index >= 15 is 0 Å². The molecule has 0 amide bonds. The standard InChI is InChI=1S/C16H22O7/c1-7-4-8(2)11(9(3)5-7)15(20)23-14-12(18)10(6-17)22-16(21)13(14)19/h4-5,10,12-14,16-19,21H,6H2,1-3H3/t10-,12-,13-,14+,16-/m1/s1. The minimum atomic E-state index is -1.66. The third-order valence-corrected chi connectivity index (χ3v) is 3.96. The lowest BCUT2D eigenvalue weighted by molar-refractivity contribution is -0.285. The van der Waals surface area contributed by atoms with Crippen molar-refractivity contribution in [2.45, 2.75) is 51.5 Å². The fourth-order valence-electron chi connectivity index (χ4n) is 2.89. The van der Waals surface area contributed by atoms with Crippen molar-refractivity contribution in [3.05, 3.63) is 34.4 Å². The van der Waals surface area contributed by atoms with Crippen LogP contribution in [0.4, 0.5) is 0 Å². The SMILES string of the molecule is Cc1cc(C)c(C(=O)O[C@@H]2[C@@H](O)[C@H](O)O[C@H](CO)[C@H]2O)c(C)c1. The molecule has 4 N–H and O–H groups in total. The number of ether oxygens (including phenoxy) is 2. The van der Waals surface area contributed by atoms with Gasteiger partial charge in [-0.15, -0.1) is 0 Å². The second-order valence-electron chi connectivity index (χ2n) is 5.87. The summed E-state index contributed by atoms with van der Waals surface area (Å²) in [5.74, 6) is -0.714. The van der Waals surface area contributed by atoms with Gasteiger partial charge in [0.15, 0.2) is 12.4 Å². The number of carbonyl (C=O) groups excluding carboxylic acids is 1. The predicted molar refractivity (Wildman–Crippen MR) is 79.8 cm³/mol. The van der Waals surface area contributed by atoms with Crippen LogP contribution in [0.3, 0.4) is 0 Å². The molecule has 1 heterocycles. The van der Waals surface area contributed by atoms with Crippen LogP contribution in [0.15, 0.2) is 12.1 Å². The lowest BCUT2D eigenvalue weighted by Gasteiger charge is -2.39. The zero-order valence-corrected chi connectivity index (χ0v) is 13.3. The number of aryl methyl sites for hydroxylation is 3. The van der Waals surface area contributed by atoms with Gasteiger partial charge in [0.05, 0.1) is 12.2 Å². The van der Waals surface area contributed by atoms with Crippen LogP contribution in [0, 0.1) is 20.8 Å². The van der Waals surface area contributed by atoms with Crippen LogP contribution in [-0.4, -0.2) is 63.7 Å². The quantitative estimate of drug-likeness (QED) is 0.557. The van der Waals surface area contributed by atoms with E-state index in [0.29, 0.717) is 16.7 Å². The molecule has 1 aromatic rings. The van der Waals surface area contributed by atoms with E-state index in [1.54, 1.807) is 13.8 Å². The number of hydrogen-bond acceptors (Lipinski definition) is 7. The minimum Gasteiger partial charge on any atom is -0.453 e. The molecule has 23 heavy (non-hydrogen) atoms. The van der Waals surface area contributed by atoms with Crippen LogP contribution in [-0.2, 0) is 9.47 Å². The Morgan fingerprint density at radius 1 is 1.13 bits per heavy atom. The maximum Gasteiger partial charge on any atom is 0.339 e. The van der Waals surface area contributed by atoms with Crippen molar-refractivity contribution in [3.63, 3.8) is 0 Å². The van der Waals surface area contributed by atoms with Gasteiger partial charge in [0.2, 0.25) is 0 Å². The maximum absolute atomic E-state index is 12.4. The second-order valence-corrected chi connectivity index (χ2v) is 5.87. The molecular weight excluding hydrogens is 304 g/mol. The fourth-order valence-corrected chi connectivity index (χ4v) is 2.89. The van der Waals surface area contributed by atoms with E-state index in [4.69, 9.17) is 14.6 Å². The van der Waals surface area contributed by atoms with Crippen LogP contribution in [0.25, 0.3) is 0 Å². The summed E-state index contributed by atoms with van der Waals surface area (Å²) in [5, 5.41) is 38.7. The van der Waals surface area contributed by atoms with Crippen LogP contribution >= 0.6 is 0 Å². The first kappa shape index (κ1) is 17.8. The van der Waals surface area contributed by atoms with E-state index in [0.717, 1.165) is 5.56 Å². The van der Waals surface area contributed by atoms with Crippen LogP contribution < -0.4 is 0 Å². The monoisotopic (exact) mass is 326 g/mol. The third-order valence-electron chi connectivity index (χ3n) is 3.96. The molecule has 0 saturated carbocycles. The molecule has 128 valence electrons. The number of aliphatic hydroxyl groups is 4. The summed E-state index contributed by atoms with van der Waals surface area (Å²) in [7, 11) is 0. The fraction of sp³-hybridized carbons (Fsp3) is 0.562. The first-order valence-electron chi connectivity index (χ1n) is 7.35. The summed E-state index contributed by atoms with van der Waals surface area (Å²) in [6, 6.07) is 3.65. The van der Waals surface area contributed by atoms with Gasteiger partial charge in [-0.25, -0.2) is 4.79 Å². The summed E-state index contributed by atoms with van der Waals surface area (Å²) >= 11 is 0. The molecule has 1 saturated heterocycles. The van der Waals surface area contributed by atoms with Gasteiger partial charge >= 0.3 is 5.97 Å². The molecule has 0 unspecified atom stereocenters. The molecule has 0 radical (unpaired) electrons. The number of hydrogen-bond donors (Lipinski definition) is 4. The van der Waals surface area contributed by atoms with Gasteiger partial charge in [-0.05, 0) is 31.9 Å². The lowest BCUT2D eigenvalue weighted by Crippen LogP contribution is -2.59. The van der Waals surface area contributed by atoms with Crippen molar-refractivity contribution in [2.75, 3.05) is 6.61 Å². The minimum absolute atomic E-state index is 0.344. The van der Waals surface area contributed by atoms with Crippen molar-refractivity contribution in [1.82, 2.24) is 0 Å². The van der Waals surface area contributed by atoms with Gasteiger partial charge in [-0.3, -0.25) is 0 Å². The number of esters is 1. The van der Waals surface area contributed by atoms with Crippen molar-refractivity contribution >= 4 is 5.97 Å². The largest absolute Gasteiger partial charge is 0.453 e. The van der Waals surface area contributed by atoms with Crippen LogP contribution in [0.2, 0.25) is 0 Å². The Labute approximate surface area is 134 Å². The molecule has 1 fully saturated rings. The van der Waals surface area contributed by atoms with Crippen molar-refractivity contribution < 1.29 is 34.7 Å². The van der Waals surface area contributed by atoms with Crippen molar-refractivity contribution in [2.24, 2.45) is 0 Å². The van der Waals surface area contributed by atoms with Crippen molar-refractivity contribution in [3.8, 4) is 0 Å². The molecule has 2 rings (SSSR count). The number of aliphatic hydroxyl groups excluding tert-OH is 4. The highest BCUT2D eigenvalue weighted by Gasteiger charge is 2.46. The Morgan fingerprint density at radius 3 is 2.22 bits per heavy atom. The summed E-state index contributed by atoms with van der Waals surface area (Å²) in [5.41, 5.74) is 2.76.